The van der Waals surface area contributed by atoms with Crippen molar-refractivity contribution in [2.45, 2.75) is 0 Å². The van der Waals surface area contributed by atoms with E-state index in [2.05, 4.69) is 191 Å². The molecule has 0 saturated carbocycles. The molecule has 14 aromatic rings. The molecule has 0 spiro atoms. The van der Waals surface area contributed by atoms with Crippen molar-refractivity contribution in [3.05, 3.63) is 212 Å². The Kier molecular flexibility index (Phi) is 7.59. The molecule has 0 amide bonds. The van der Waals surface area contributed by atoms with Crippen LogP contribution in [0.4, 0.5) is 0 Å². The lowest BCUT2D eigenvalue weighted by Crippen LogP contribution is -2.01. The van der Waals surface area contributed by atoms with Gasteiger partial charge in [0, 0.05) is 43.7 Å². The molecule has 6 nitrogen and oxygen atoms in total. The highest BCUT2D eigenvalue weighted by Gasteiger charge is 2.24. The van der Waals surface area contributed by atoms with Gasteiger partial charge in [-0.05, 0) is 88.3 Å². The number of hydrogen-bond donors (Lipinski definition) is 0. The van der Waals surface area contributed by atoms with Gasteiger partial charge in [0.2, 0.25) is 0 Å². The van der Waals surface area contributed by atoms with Crippen molar-refractivity contribution in [3.8, 4) is 45.5 Å². The predicted octanol–water partition coefficient (Wildman–Crippen LogP) is 15.3. The molecule has 0 aliphatic rings. The van der Waals surface area contributed by atoms with Crippen molar-refractivity contribution in [3.63, 3.8) is 0 Å². The maximum Gasteiger partial charge on any atom is 0.167 e. The Morgan fingerprint density at radius 1 is 0.338 bits per heavy atom. The van der Waals surface area contributed by atoms with E-state index in [4.69, 9.17) is 19.4 Å². The minimum absolute atomic E-state index is 0.535. The molecule has 0 N–H and O–H groups in total. The maximum absolute atomic E-state index is 6.97. The topological polar surface area (TPSA) is 61.7 Å². The Hall–Kier alpha value is -8.87. The summed E-state index contributed by atoms with van der Waals surface area (Å²) in [7, 11) is 0. The smallest absolute Gasteiger partial charge is 0.167 e. The number of nitrogens with zero attached hydrogens (tertiary/aromatic N) is 5. The van der Waals surface area contributed by atoms with Gasteiger partial charge in [-0.25, -0.2) is 15.0 Å². The zero-order valence-electron chi connectivity index (χ0n) is 34.9. The van der Waals surface area contributed by atoms with Crippen LogP contribution in [0.1, 0.15) is 0 Å². The van der Waals surface area contributed by atoms with Crippen molar-refractivity contribution >= 4 is 87.1 Å². The van der Waals surface area contributed by atoms with E-state index in [9.17, 15) is 0 Å². The first-order valence-electron chi connectivity index (χ1n) is 21.9. The molecule has 14 rings (SSSR count). The van der Waals surface area contributed by atoms with Gasteiger partial charge in [0.1, 0.15) is 11.2 Å². The largest absolute Gasteiger partial charge is 0.455 e. The lowest BCUT2D eigenvalue weighted by atomic mass is 10.0. The summed E-state index contributed by atoms with van der Waals surface area (Å²) in [5.41, 5.74) is 10.7. The van der Waals surface area contributed by atoms with Crippen LogP contribution in [-0.4, -0.2) is 24.1 Å². The van der Waals surface area contributed by atoms with E-state index in [0.717, 1.165) is 77.5 Å². The van der Waals surface area contributed by atoms with Gasteiger partial charge in [-0.3, -0.25) is 0 Å². The summed E-state index contributed by atoms with van der Waals surface area (Å²) in [5.74, 6) is 1.70. The van der Waals surface area contributed by atoms with Gasteiger partial charge in [0.25, 0.3) is 0 Å². The quantitative estimate of drug-likeness (QED) is 0.173. The third-order valence-electron chi connectivity index (χ3n) is 13.1. The molecule has 0 fully saturated rings. The van der Waals surface area contributed by atoms with Crippen molar-refractivity contribution in [1.29, 1.82) is 0 Å². The second-order valence-electron chi connectivity index (χ2n) is 16.8. The minimum atomic E-state index is 0.535. The average Bonchev–Trinajstić information content (AvgIpc) is 4.02. The third-order valence-corrected chi connectivity index (χ3v) is 13.1. The molecule has 0 radical (unpaired) electrons. The Morgan fingerprint density at radius 3 is 1.58 bits per heavy atom. The van der Waals surface area contributed by atoms with Gasteiger partial charge >= 0.3 is 0 Å². The summed E-state index contributed by atoms with van der Waals surface area (Å²) in [4.78, 5) is 15.8. The SMILES string of the molecule is c1ccc(-c2nc(-c3ccc4c5ccccc5n(-c5ccccc5)c4c3)nc(-c3ccc(-n4c5cc6ccccc6cc5c5cc6ccccc6cc54)c4c3oc3ccccc34)n2)cc1. The molecular formula is C59H35N5O. The molecule has 0 aliphatic carbocycles. The molecule has 0 atom stereocenters. The lowest BCUT2D eigenvalue weighted by molar-refractivity contribution is 0.669. The fourth-order valence-corrected chi connectivity index (χ4v) is 10.1. The first-order valence-corrected chi connectivity index (χ1v) is 21.9. The van der Waals surface area contributed by atoms with Gasteiger partial charge in [0.05, 0.1) is 38.7 Å². The van der Waals surface area contributed by atoms with Gasteiger partial charge in [0.15, 0.2) is 17.5 Å². The van der Waals surface area contributed by atoms with Crippen molar-refractivity contribution in [2.24, 2.45) is 0 Å². The molecule has 0 unspecified atom stereocenters. The molecule has 65 heavy (non-hydrogen) atoms. The highest BCUT2D eigenvalue weighted by molar-refractivity contribution is 6.20. The van der Waals surface area contributed by atoms with Gasteiger partial charge in [-0.1, -0.05) is 146 Å². The van der Waals surface area contributed by atoms with Gasteiger partial charge in [-0.15, -0.1) is 0 Å². The molecule has 0 saturated heterocycles. The number of aromatic nitrogens is 5. The van der Waals surface area contributed by atoms with E-state index in [-0.39, 0.29) is 0 Å². The van der Waals surface area contributed by atoms with Crippen LogP contribution in [0.25, 0.3) is 133 Å². The molecular weight excluding hydrogens is 795 g/mol. The third kappa shape index (κ3) is 5.44. The van der Waals surface area contributed by atoms with E-state index in [0.29, 0.717) is 17.5 Å². The minimum Gasteiger partial charge on any atom is -0.455 e. The zero-order chi connectivity index (χ0) is 42.6. The Balaban J connectivity index is 1.04. The van der Waals surface area contributed by atoms with Crippen LogP contribution >= 0.6 is 0 Å². The van der Waals surface area contributed by atoms with E-state index in [1.165, 1.54) is 37.7 Å². The van der Waals surface area contributed by atoms with Crippen molar-refractivity contribution in [1.82, 2.24) is 24.1 Å². The molecule has 6 heteroatoms. The van der Waals surface area contributed by atoms with Crippen LogP contribution < -0.4 is 0 Å². The number of benzene rings is 10. The van der Waals surface area contributed by atoms with Crippen LogP contribution in [0, 0.1) is 0 Å². The van der Waals surface area contributed by atoms with Crippen LogP contribution in [0.3, 0.4) is 0 Å². The molecule has 10 aromatic carbocycles. The summed E-state index contributed by atoms with van der Waals surface area (Å²) in [6.45, 7) is 0. The average molecular weight is 830 g/mol. The standard InChI is InChI=1S/C59H35N5O/c1-3-15-36(16-4-1)57-60-58(41-27-28-44-43-23-11-13-25-49(43)63(51(44)35-41)42-21-5-2-6-22-42)62-59(61-57)46-29-30-50(55-45-24-12-14-26-54(45)65-56(46)55)64-52-33-39-19-9-7-17-37(39)31-47(52)48-32-38-18-8-10-20-40(38)34-53(48)64/h1-35H. The van der Waals surface area contributed by atoms with E-state index < -0.39 is 0 Å². The van der Waals surface area contributed by atoms with Gasteiger partial charge < -0.3 is 13.6 Å². The first kappa shape index (κ1) is 35.7. The fourth-order valence-electron chi connectivity index (χ4n) is 10.1. The van der Waals surface area contributed by atoms with E-state index in [1.54, 1.807) is 0 Å². The number of fused-ring (bicyclic) bond motifs is 11. The number of rotatable bonds is 5. The molecule has 0 aliphatic heterocycles. The van der Waals surface area contributed by atoms with Crippen molar-refractivity contribution in [2.75, 3.05) is 0 Å². The second-order valence-corrected chi connectivity index (χ2v) is 16.8. The summed E-state index contributed by atoms with van der Waals surface area (Å²) in [6, 6.07) is 75.0. The maximum atomic E-state index is 6.97. The number of para-hydroxylation sites is 3. The van der Waals surface area contributed by atoms with Crippen LogP contribution in [0.15, 0.2) is 217 Å². The van der Waals surface area contributed by atoms with Gasteiger partial charge in [-0.2, -0.15) is 0 Å². The highest BCUT2D eigenvalue weighted by atomic mass is 16.3. The normalized spacial score (nSPS) is 12.0. The Labute approximate surface area is 371 Å². The fraction of sp³-hybridized carbons (Fsp3) is 0. The monoisotopic (exact) mass is 829 g/mol. The summed E-state index contributed by atoms with van der Waals surface area (Å²) in [5, 5.41) is 11.6. The number of furan rings is 1. The van der Waals surface area contributed by atoms with E-state index in [1.807, 2.05) is 30.3 Å². The predicted molar refractivity (Wildman–Crippen MR) is 267 cm³/mol. The highest BCUT2D eigenvalue weighted by Crippen LogP contribution is 2.44. The van der Waals surface area contributed by atoms with Crippen LogP contribution in [0.5, 0.6) is 0 Å². The molecule has 4 aromatic heterocycles. The molecule has 302 valence electrons. The molecule has 4 heterocycles. The summed E-state index contributed by atoms with van der Waals surface area (Å²) in [6.07, 6.45) is 0. The molecule has 0 bridgehead atoms. The Bertz CT molecular complexity index is 4150. The van der Waals surface area contributed by atoms with Crippen LogP contribution in [-0.2, 0) is 0 Å². The summed E-state index contributed by atoms with van der Waals surface area (Å²) < 4.78 is 11.7. The van der Waals surface area contributed by atoms with Crippen LogP contribution in [0.2, 0.25) is 0 Å². The lowest BCUT2D eigenvalue weighted by Gasteiger charge is -2.13. The number of hydrogen-bond acceptors (Lipinski definition) is 4. The zero-order valence-corrected chi connectivity index (χ0v) is 34.9. The summed E-state index contributed by atoms with van der Waals surface area (Å²) >= 11 is 0. The van der Waals surface area contributed by atoms with Crippen molar-refractivity contribution < 1.29 is 4.42 Å². The Morgan fingerprint density at radius 2 is 0.877 bits per heavy atom. The van der Waals surface area contributed by atoms with E-state index >= 15 is 0 Å². The second kappa shape index (κ2) is 13.8. The first-order chi connectivity index (χ1) is 32.2.